The Hall–Kier alpha value is -0.250. The van der Waals surface area contributed by atoms with Crippen molar-refractivity contribution in [1.82, 2.24) is 5.32 Å². The number of alkyl halides is 3. The molecule has 0 heterocycles. The second kappa shape index (κ2) is 7.67. The highest BCUT2D eigenvalue weighted by Gasteiger charge is 2.45. The summed E-state index contributed by atoms with van der Waals surface area (Å²) in [6.45, 7) is 8.54. The molecule has 1 aliphatic carbocycles. The van der Waals surface area contributed by atoms with Gasteiger partial charge in [-0.1, -0.05) is 40.5 Å². The average Bonchev–Trinajstić information content (AvgIpc) is 2.26. The monoisotopic (exact) mass is 293 g/mol. The van der Waals surface area contributed by atoms with E-state index in [1.165, 1.54) is 0 Å². The lowest BCUT2D eigenvalue weighted by Crippen LogP contribution is -2.49. The zero-order valence-electron chi connectivity index (χ0n) is 13.3. The van der Waals surface area contributed by atoms with Crippen molar-refractivity contribution in [2.75, 3.05) is 0 Å². The van der Waals surface area contributed by atoms with Crippen LogP contribution in [-0.2, 0) is 0 Å². The minimum Gasteiger partial charge on any atom is -0.311 e. The van der Waals surface area contributed by atoms with Crippen molar-refractivity contribution >= 4 is 0 Å². The summed E-state index contributed by atoms with van der Waals surface area (Å²) in [6.07, 6.45) is 0.437. The van der Waals surface area contributed by atoms with Crippen LogP contribution in [0.5, 0.6) is 0 Å². The zero-order valence-corrected chi connectivity index (χ0v) is 13.3. The van der Waals surface area contributed by atoms with Gasteiger partial charge in [-0.3, -0.25) is 0 Å². The average molecular weight is 293 g/mol. The first-order valence-corrected chi connectivity index (χ1v) is 8.03. The van der Waals surface area contributed by atoms with Gasteiger partial charge < -0.3 is 5.32 Å². The quantitative estimate of drug-likeness (QED) is 0.713. The molecule has 2 unspecified atom stereocenters. The van der Waals surface area contributed by atoms with Gasteiger partial charge in [-0.15, -0.1) is 0 Å². The van der Waals surface area contributed by atoms with E-state index in [0.717, 1.165) is 19.3 Å². The summed E-state index contributed by atoms with van der Waals surface area (Å²) in [5.41, 5.74) is 0. The van der Waals surface area contributed by atoms with Crippen LogP contribution in [0.25, 0.3) is 0 Å². The molecule has 1 aliphatic rings. The molecule has 1 saturated carbocycles. The van der Waals surface area contributed by atoms with E-state index in [0.29, 0.717) is 24.7 Å². The fraction of sp³-hybridized carbons (Fsp3) is 1.00. The molecule has 0 spiro atoms. The van der Waals surface area contributed by atoms with Gasteiger partial charge in [0.2, 0.25) is 0 Å². The number of rotatable bonds is 6. The van der Waals surface area contributed by atoms with Gasteiger partial charge in [0.05, 0.1) is 5.92 Å². The first-order chi connectivity index (χ1) is 9.20. The van der Waals surface area contributed by atoms with Crippen molar-refractivity contribution in [3.8, 4) is 0 Å². The van der Waals surface area contributed by atoms with Crippen LogP contribution in [0.2, 0.25) is 0 Å². The first kappa shape index (κ1) is 17.8. The Kier molecular flexibility index (Phi) is 6.83. The molecule has 0 bridgehead atoms. The molecule has 1 nitrogen and oxygen atoms in total. The van der Waals surface area contributed by atoms with Gasteiger partial charge in [-0.25, -0.2) is 0 Å². The van der Waals surface area contributed by atoms with Gasteiger partial charge in [0, 0.05) is 12.1 Å². The molecule has 2 atom stereocenters. The molecule has 120 valence electrons. The smallest absolute Gasteiger partial charge is 0.311 e. The van der Waals surface area contributed by atoms with Crippen molar-refractivity contribution in [1.29, 1.82) is 0 Å². The van der Waals surface area contributed by atoms with E-state index in [4.69, 9.17) is 0 Å². The van der Waals surface area contributed by atoms with Gasteiger partial charge >= 0.3 is 6.18 Å². The van der Waals surface area contributed by atoms with Crippen molar-refractivity contribution in [2.24, 2.45) is 17.8 Å². The minimum absolute atomic E-state index is 0.211. The van der Waals surface area contributed by atoms with E-state index >= 15 is 0 Å². The van der Waals surface area contributed by atoms with E-state index in [1.807, 2.05) is 0 Å². The predicted molar refractivity (Wildman–Crippen MR) is 77.6 cm³/mol. The summed E-state index contributed by atoms with van der Waals surface area (Å²) in [5.74, 6) is -0.128. The summed E-state index contributed by atoms with van der Waals surface area (Å²) in [6, 6.07) is -0.172. The highest BCUT2D eigenvalue weighted by atomic mass is 19.4. The van der Waals surface area contributed by atoms with Crippen molar-refractivity contribution in [3.63, 3.8) is 0 Å². The molecule has 0 aromatic carbocycles. The maximum absolute atomic E-state index is 13.1. The lowest BCUT2D eigenvalue weighted by Gasteiger charge is -2.37. The third-order valence-electron chi connectivity index (χ3n) is 4.15. The maximum Gasteiger partial charge on any atom is 0.393 e. The molecule has 20 heavy (non-hydrogen) atoms. The van der Waals surface area contributed by atoms with E-state index in [1.54, 1.807) is 0 Å². The van der Waals surface area contributed by atoms with E-state index in [-0.39, 0.29) is 18.5 Å². The fourth-order valence-corrected chi connectivity index (χ4v) is 3.40. The molecular formula is C16H30F3N. The largest absolute Gasteiger partial charge is 0.393 e. The summed E-state index contributed by atoms with van der Waals surface area (Å²) < 4.78 is 39.4. The van der Waals surface area contributed by atoms with Crippen LogP contribution in [0.15, 0.2) is 0 Å². The summed E-state index contributed by atoms with van der Waals surface area (Å²) in [4.78, 5) is 0. The third-order valence-corrected chi connectivity index (χ3v) is 4.15. The molecule has 1 rings (SSSR count). The highest BCUT2D eigenvalue weighted by molar-refractivity contribution is 4.88. The summed E-state index contributed by atoms with van der Waals surface area (Å²) in [5, 5.41) is 3.36. The Morgan fingerprint density at radius 3 is 1.90 bits per heavy atom. The normalized spacial score (nSPS) is 24.9. The SMILES string of the molecule is CC(C)CC(CC(C)C)NC1CCCCC1C(F)(F)F. The molecule has 0 aliphatic heterocycles. The van der Waals surface area contributed by atoms with Gasteiger partial charge in [0.15, 0.2) is 0 Å². The molecule has 4 heteroatoms. The number of hydrogen-bond acceptors (Lipinski definition) is 1. The van der Waals surface area contributed by atoms with Crippen LogP contribution in [-0.4, -0.2) is 18.3 Å². The van der Waals surface area contributed by atoms with Crippen LogP contribution in [0.1, 0.15) is 66.2 Å². The lowest BCUT2D eigenvalue weighted by molar-refractivity contribution is -0.189. The van der Waals surface area contributed by atoms with Gasteiger partial charge in [-0.2, -0.15) is 13.2 Å². The second-order valence-corrected chi connectivity index (χ2v) is 7.16. The Morgan fingerprint density at radius 1 is 0.950 bits per heavy atom. The van der Waals surface area contributed by atoms with Gasteiger partial charge in [-0.05, 0) is 37.5 Å². The maximum atomic E-state index is 13.1. The Bertz CT molecular complexity index is 263. The molecule has 0 amide bonds. The predicted octanol–water partition coefficient (Wildman–Crippen LogP) is 5.16. The second-order valence-electron chi connectivity index (χ2n) is 7.16. The molecular weight excluding hydrogens is 263 g/mol. The van der Waals surface area contributed by atoms with Crippen LogP contribution in [0, 0.1) is 17.8 Å². The topological polar surface area (TPSA) is 12.0 Å². The molecule has 0 aromatic heterocycles. The van der Waals surface area contributed by atoms with E-state index in [2.05, 4.69) is 33.0 Å². The van der Waals surface area contributed by atoms with Crippen LogP contribution in [0.4, 0.5) is 13.2 Å². The van der Waals surface area contributed by atoms with E-state index < -0.39 is 12.1 Å². The Morgan fingerprint density at radius 2 is 1.45 bits per heavy atom. The Labute approximate surface area is 121 Å². The van der Waals surface area contributed by atoms with E-state index in [9.17, 15) is 13.2 Å². The van der Waals surface area contributed by atoms with Crippen LogP contribution in [0.3, 0.4) is 0 Å². The summed E-state index contributed by atoms with van der Waals surface area (Å²) in [7, 11) is 0. The lowest BCUT2D eigenvalue weighted by atomic mass is 9.82. The van der Waals surface area contributed by atoms with Crippen molar-refractivity contribution in [2.45, 2.75) is 84.5 Å². The summed E-state index contributed by atoms with van der Waals surface area (Å²) >= 11 is 0. The van der Waals surface area contributed by atoms with Gasteiger partial charge in [0.25, 0.3) is 0 Å². The molecule has 0 saturated heterocycles. The zero-order chi connectivity index (χ0) is 15.3. The number of halogens is 3. The fourth-order valence-electron chi connectivity index (χ4n) is 3.40. The minimum atomic E-state index is -4.06. The standard InChI is InChI=1S/C16H30F3N/c1-11(2)9-13(10-12(3)4)20-15-8-6-5-7-14(15)16(17,18)19/h11-15,20H,5-10H2,1-4H3. The number of hydrogen-bond donors (Lipinski definition) is 1. The molecule has 1 N–H and O–H groups in total. The highest BCUT2D eigenvalue weighted by Crippen LogP contribution is 2.38. The van der Waals surface area contributed by atoms with Crippen LogP contribution >= 0.6 is 0 Å². The number of nitrogens with one attached hydrogen (secondary N) is 1. The molecule has 1 fully saturated rings. The van der Waals surface area contributed by atoms with Crippen molar-refractivity contribution in [3.05, 3.63) is 0 Å². The Balaban J connectivity index is 2.68. The van der Waals surface area contributed by atoms with Crippen molar-refractivity contribution < 1.29 is 13.2 Å². The molecule has 0 radical (unpaired) electrons. The van der Waals surface area contributed by atoms with Crippen LogP contribution < -0.4 is 5.32 Å². The first-order valence-electron chi connectivity index (χ1n) is 8.03. The molecule has 0 aromatic rings. The third kappa shape index (κ3) is 6.02. The van der Waals surface area contributed by atoms with Gasteiger partial charge in [0.1, 0.15) is 0 Å².